The van der Waals surface area contributed by atoms with Crippen molar-refractivity contribution in [2.24, 2.45) is 12.5 Å². The Morgan fingerprint density at radius 3 is 2.63 bits per heavy atom. The molecule has 0 atom stereocenters. The van der Waals surface area contributed by atoms with Crippen LogP contribution in [0.4, 0.5) is 5.69 Å². The Kier molecular flexibility index (Phi) is 3.87. The van der Waals surface area contributed by atoms with E-state index in [9.17, 15) is 14.7 Å². The number of carboxylic acid groups (broad SMARTS) is 1. The van der Waals surface area contributed by atoms with Gasteiger partial charge in [0.2, 0.25) is 5.91 Å². The van der Waals surface area contributed by atoms with Crippen LogP contribution in [0.25, 0.3) is 0 Å². The van der Waals surface area contributed by atoms with Crippen LogP contribution in [0.3, 0.4) is 0 Å². The molecule has 0 bridgehead atoms. The SMILES string of the molecule is Cn1cc(NC(=O)CC2(C(=O)O)CCCCC2)cn1. The van der Waals surface area contributed by atoms with Crippen molar-refractivity contribution in [1.82, 2.24) is 9.78 Å². The lowest BCUT2D eigenvalue weighted by molar-refractivity contribution is -0.153. The minimum absolute atomic E-state index is 0.0389. The van der Waals surface area contributed by atoms with E-state index in [1.54, 1.807) is 24.1 Å². The average molecular weight is 265 g/mol. The van der Waals surface area contributed by atoms with E-state index in [0.29, 0.717) is 18.5 Å². The van der Waals surface area contributed by atoms with Gasteiger partial charge in [-0.15, -0.1) is 0 Å². The first-order valence-corrected chi connectivity index (χ1v) is 6.54. The van der Waals surface area contributed by atoms with Crippen molar-refractivity contribution in [1.29, 1.82) is 0 Å². The van der Waals surface area contributed by atoms with Crippen LogP contribution in [0, 0.1) is 5.41 Å². The predicted octanol–water partition coefficient (Wildman–Crippen LogP) is 1.78. The first kappa shape index (κ1) is 13.6. The van der Waals surface area contributed by atoms with Crippen LogP contribution in [-0.4, -0.2) is 26.8 Å². The van der Waals surface area contributed by atoms with Gasteiger partial charge in [-0.1, -0.05) is 19.3 Å². The van der Waals surface area contributed by atoms with Crippen LogP contribution in [0.5, 0.6) is 0 Å². The Balaban J connectivity index is 2.01. The van der Waals surface area contributed by atoms with E-state index in [1.807, 2.05) is 0 Å². The molecule has 0 saturated heterocycles. The molecule has 104 valence electrons. The largest absolute Gasteiger partial charge is 0.481 e. The lowest BCUT2D eigenvalue weighted by atomic mass is 9.71. The van der Waals surface area contributed by atoms with Gasteiger partial charge in [-0.3, -0.25) is 14.3 Å². The molecule has 1 aromatic rings. The molecule has 1 aliphatic rings. The average Bonchev–Trinajstić information content (AvgIpc) is 2.75. The number of carboxylic acids is 1. The molecule has 0 spiro atoms. The molecule has 6 heteroatoms. The van der Waals surface area contributed by atoms with Gasteiger partial charge in [-0.05, 0) is 12.8 Å². The zero-order valence-electron chi connectivity index (χ0n) is 11.1. The Bertz CT molecular complexity index is 475. The molecule has 1 fully saturated rings. The number of anilines is 1. The minimum Gasteiger partial charge on any atom is -0.481 e. The van der Waals surface area contributed by atoms with E-state index < -0.39 is 11.4 Å². The molecule has 2 rings (SSSR count). The van der Waals surface area contributed by atoms with Crippen molar-refractivity contribution < 1.29 is 14.7 Å². The molecular formula is C13H19N3O3. The third-order valence-electron chi connectivity index (χ3n) is 3.75. The van der Waals surface area contributed by atoms with Crippen molar-refractivity contribution in [3.8, 4) is 0 Å². The normalized spacial score (nSPS) is 17.9. The molecule has 1 amide bonds. The van der Waals surface area contributed by atoms with E-state index >= 15 is 0 Å². The summed E-state index contributed by atoms with van der Waals surface area (Å²) in [7, 11) is 1.76. The van der Waals surface area contributed by atoms with Crippen LogP contribution in [0.15, 0.2) is 12.4 Å². The van der Waals surface area contributed by atoms with E-state index in [2.05, 4.69) is 10.4 Å². The number of hydrogen-bond donors (Lipinski definition) is 2. The van der Waals surface area contributed by atoms with Crippen molar-refractivity contribution in [2.45, 2.75) is 38.5 Å². The number of aliphatic carboxylic acids is 1. The highest BCUT2D eigenvalue weighted by molar-refractivity contribution is 5.94. The van der Waals surface area contributed by atoms with Gasteiger partial charge in [0, 0.05) is 19.7 Å². The summed E-state index contributed by atoms with van der Waals surface area (Å²) in [6.07, 6.45) is 7.26. The molecule has 1 aromatic heterocycles. The van der Waals surface area contributed by atoms with E-state index in [0.717, 1.165) is 19.3 Å². The highest BCUT2D eigenvalue weighted by atomic mass is 16.4. The molecule has 19 heavy (non-hydrogen) atoms. The van der Waals surface area contributed by atoms with Gasteiger partial charge in [0.25, 0.3) is 0 Å². The van der Waals surface area contributed by atoms with Gasteiger partial charge in [0.15, 0.2) is 0 Å². The standard InChI is InChI=1S/C13H19N3O3/c1-16-9-10(8-14-16)15-11(17)7-13(12(18)19)5-3-2-4-6-13/h8-9H,2-7H2,1H3,(H,15,17)(H,18,19). The summed E-state index contributed by atoms with van der Waals surface area (Å²) in [5, 5.41) is 16.1. The zero-order valence-corrected chi connectivity index (χ0v) is 11.1. The molecule has 1 aliphatic carbocycles. The van der Waals surface area contributed by atoms with Crippen LogP contribution < -0.4 is 5.32 Å². The van der Waals surface area contributed by atoms with Gasteiger partial charge in [0.05, 0.1) is 17.3 Å². The fourth-order valence-corrected chi connectivity index (χ4v) is 2.69. The maximum absolute atomic E-state index is 12.0. The summed E-state index contributed by atoms with van der Waals surface area (Å²) >= 11 is 0. The lowest BCUT2D eigenvalue weighted by Gasteiger charge is -2.32. The lowest BCUT2D eigenvalue weighted by Crippen LogP contribution is -2.37. The van der Waals surface area contributed by atoms with Crippen LogP contribution in [0.1, 0.15) is 38.5 Å². The first-order chi connectivity index (χ1) is 9.02. The maximum atomic E-state index is 12.0. The summed E-state index contributed by atoms with van der Waals surface area (Å²) in [6, 6.07) is 0. The van der Waals surface area contributed by atoms with Gasteiger partial charge in [-0.2, -0.15) is 5.10 Å². The fraction of sp³-hybridized carbons (Fsp3) is 0.615. The molecule has 0 aliphatic heterocycles. The predicted molar refractivity (Wildman–Crippen MR) is 69.6 cm³/mol. The molecular weight excluding hydrogens is 246 g/mol. The number of nitrogens with zero attached hydrogens (tertiary/aromatic N) is 2. The minimum atomic E-state index is -0.884. The second kappa shape index (κ2) is 5.42. The highest BCUT2D eigenvalue weighted by Gasteiger charge is 2.41. The molecule has 0 aromatic carbocycles. The number of rotatable bonds is 4. The Labute approximate surface area is 111 Å². The van der Waals surface area contributed by atoms with E-state index in [-0.39, 0.29) is 12.3 Å². The first-order valence-electron chi connectivity index (χ1n) is 6.54. The molecule has 0 unspecified atom stereocenters. The molecule has 1 saturated carbocycles. The number of amides is 1. The van der Waals surface area contributed by atoms with Gasteiger partial charge >= 0.3 is 5.97 Å². The Morgan fingerprint density at radius 2 is 2.11 bits per heavy atom. The van der Waals surface area contributed by atoms with E-state index in [4.69, 9.17) is 0 Å². The monoisotopic (exact) mass is 265 g/mol. The second-order valence-electron chi connectivity index (χ2n) is 5.27. The van der Waals surface area contributed by atoms with Crippen molar-refractivity contribution in [3.63, 3.8) is 0 Å². The highest BCUT2D eigenvalue weighted by Crippen LogP contribution is 2.39. The van der Waals surface area contributed by atoms with Crippen LogP contribution in [0.2, 0.25) is 0 Å². The fourth-order valence-electron chi connectivity index (χ4n) is 2.69. The van der Waals surface area contributed by atoms with Gasteiger partial charge in [0.1, 0.15) is 0 Å². The number of aryl methyl sites for hydroxylation is 1. The summed E-state index contributed by atoms with van der Waals surface area (Å²) in [4.78, 5) is 23.5. The maximum Gasteiger partial charge on any atom is 0.310 e. The summed E-state index contributed by atoms with van der Waals surface area (Å²) in [5.41, 5.74) is -0.284. The van der Waals surface area contributed by atoms with Crippen LogP contribution in [-0.2, 0) is 16.6 Å². The number of carbonyl (C=O) groups excluding carboxylic acids is 1. The second-order valence-corrected chi connectivity index (χ2v) is 5.27. The number of carbonyl (C=O) groups is 2. The summed E-state index contributed by atoms with van der Waals surface area (Å²) < 4.78 is 1.59. The molecule has 2 N–H and O–H groups in total. The molecule has 1 heterocycles. The number of hydrogen-bond acceptors (Lipinski definition) is 3. The summed E-state index contributed by atoms with van der Waals surface area (Å²) in [5.74, 6) is -1.11. The van der Waals surface area contributed by atoms with Gasteiger partial charge < -0.3 is 10.4 Å². The third kappa shape index (κ3) is 3.13. The van der Waals surface area contributed by atoms with Crippen LogP contribution >= 0.6 is 0 Å². The topological polar surface area (TPSA) is 84.2 Å². The molecule has 6 nitrogen and oxygen atoms in total. The van der Waals surface area contributed by atoms with Crippen molar-refractivity contribution in [3.05, 3.63) is 12.4 Å². The van der Waals surface area contributed by atoms with Crippen molar-refractivity contribution >= 4 is 17.6 Å². The number of nitrogens with one attached hydrogen (secondary N) is 1. The smallest absolute Gasteiger partial charge is 0.310 e. The molecule has 0 radical (unpaired) electrons. The van der Waals surface area contributed by atoms with Crippen molar-refractivity contribution in [2.75, 3.05) is 5.32 Å². The third-order valence-corrected chi connectivity index (χ3v) is 3.75. The zero-order chi connectivity index (χ0) is 13.9. The Hall–Kier alpha value is -1.85. The number of aromatic nitrogens is 2. The quantitative estimate of drug-likeness (QED) is 0.869. The summed E-state index contributed by atoms with van der Waals surface area (Å²) in [6.45, 7) is 0. The van der Waals surface area contributed by atoms with Gasteiger partial charge in [-0.25, -0.2) is 0 Å². The van der Waals surface area contributed by atoms with E-state index in [1.165, 1.54) is 0 Å². The Morgan fingerprint density at radius 1 is 1.42 bits per heavy atom.